The monoisotopic (exact) mass is 887 g/mol. The Labute approximate surface area is 370 Å². The predicted octanol–water partition coefficient (Wildman–Crippen LogP) is 10.2. The number of carbonyl (C=O) groups is 2. The Balaban J connectivity index is 2.38. The van der Waals surface area contributed by atoms with Gasteiger partial charge in [-0.05, 0) is 44.9 Å². The molecular weight excluding hydrogens is 801 g/mol. The van der Waals surface area contributed by atoms with Gasteiger partial charge in [0, 0.05) is 12.8 Å². The van der Waals surface area contributed by atoms with Crippen LogP contribution in [-0.4, -0.2) is 96.0 Å². The van der Waals surface area contributed by atoms with Gasteiger partial charge < -0.3 is 34.3 Å². The lowest BCUT2D eigenvalue weighted by molar-refractivity contribution is -0.297. The Morgan fingerprint density at radius 1 is 0.574 bits per heavy atom. The summed E-state index contributed by atoms with van der Waals surface area (Å²) in [7, 11) is -4.61. The number of esters is 2. The molecule has 0 bridgehead atoms. The zero-order valence-electron chi connectivity index (χ0n) is 38.0. The highest BCUT2D eigenvalue weighted by Gasteiger charge is 2.46. The lowest BCUT2D eigenvalue weighted by Gasteiger charge is -2.40. The minimum absolute atomic E-state index is 0.130. The minimum atomic E-state index is -4.61. The average molecular weight is 887 g/mol. The molecule has 0 aromatic heterocycles. The van der Waals surface area contributed by atoms with Crippen LogP contribution < -0.4 is 0 Å². The molecule has 0 spiro atoms. The summed E-state index contributed by atoms with van der Waals surface area (Å²) in [6, 6.07) is 0. The second-order valence-electron chi connectivity index (χ2n) is 16.8. The molecule has 12 nitrogen and oxygen atoms in total. The van der Waals surface area contributed by atoms with Gasteiger partial charge in [0.2, 0.25) is 0 Å². The summed E-state index contributed by atoms with van der Waals surface area (Å²) in [6.07, 6.45) is 34.9. The van der Waals surface area contributed by atoms with Gasteiger partial charge >= 0.3 is 11.9 Å². The van der Waals surface area contributed by atoms with E-state index in [1.54, 1.807) is 0 Å². The van der Waals surface area contributed by atoms with Crippen LogP contribution in [-0.2, 0) is 38.7 Å². The van der Waals surface area contributed by atoms with Crippen molar-refractivity contribution in [2.45, 2.75) is 237 Å². The second kappa shape index (κ2) is 38.3. The van der Waals surface area contributed by atoms with Gasteiger partial charge in [-0.3, -0.25) is 14.1 Å². The van der Waals surface area contributed by atoms with E-state index in [1.807, 2.05) is 0 Å². The molecule has 1 heterocycles. The van der Waals surface area contributed by atoms with E-state index in [0.29, 0.717) is 12.8 Å². The first-order valence-corrected chi connectivity index (χ1v) is 25.7. The first-order chi connectivity index (χ1) is 29.5. The zero-order chi connectivity index (χ0) is 44.8. The molecule has 0 radical (unpaired) electrons. The van der Waals surface area contributed by atoms with Gasteiger partial charge in [0.25, 0.3) is 10.1 Å². The molecule has 4 N–H and O–H groups in total. The summed E-state index contributed by atoms with van der Waals surface area (Å²) >= 11 is 0. The number of hydrogen-bond acceptors (Lipinski definition) is 11. The Morgan fingerprint density at radius 3 is 1.54 bits per heavy atom. The molecule has 0 amide bonds. The molecule has 1 fully saturated rings. The summed E-state index contributed by atoms with van der Waals surface area (Å²) < 4.78 is 54.1. The Kier molecular flexibility index (Phi) is 35.8. The Morgan fingerprint density at radius 2 is 1.03 bits per heavy atom. The summed E-state index contributed by atoms with van der Waals surface area (Å²) in [5.41, 5.74) is 0. The molecule has 356 valence electrons. The van der Waals surface area contributed by atoms with Gasteiger partial charge in [-0.1, -0.05) is 179 Å². The lowest BCUT2D eigenvalue weighted by atomic mass is 10.00. The molecular formula is C48H86O12S. The van der Waals surface area contributed by atoms with Crippen molar-refractivity contribution in [3.8, 4) is 0 Å². The van der Waals surface area contributed by atoms with Crippen molar-refractivity contribution < 1.29 is 56.8 Å². The van der Waals surface area contributed by atoms with Crippen LogP contribution in [0.5, 0.6) is 0 Å². The number of rotatable bonds is 40. The van der Waals surface area contributed by atoms with Crippen LogP contribution in [0, 0.1) is 0 Å². The average Bonchev–Trinajstić information content (AvgIpc) is 3.22. The maximum Gasteiger partial charge on any atom is 0.306 e. The van der Waals surface area contributed by atoms with Crippen molar-refractivity contribution in [3.63, 3.8) is 0 Å². The summed E-state index contributed by atoms with van der Waals surface area (Å²) in [6.45, 7) is 3.64. The van der Waals surface area contributed by atoms with Gasteiger partial charge in [0.1, 0.15) is 36.8 Å². The minimum Gasteiger partial charge on any atom is -0.462 e. The molecule has 1 aliphatic heterocycles. The third-order valence-electron chi connectivity index (χ3n) is 11.0. The van der Waals surface area contributed by atoms with Gasteiger partial charge in [0.05, 0.1) is 6.61 Å². The van der Waals surface area contributed by atoms with E-state index in [2.05, 4.69) is 50.3 Å². The maximum absolute atomic E-state index is 12.8. The Hall–Kier alpha value is -2.13. The van der Waals surface area contributed by atoms with Gasteiger partial charge in [-0.25, -0.2) is 0 Å². The van der Waals surface area contributed by atoms with Crippen molar-refractivity contribution in [2.24, 2.45) is 0 Å². The number of allylic oxidation sites excluding steroid dienone is 6. The van der Waals surface area contributed by atoms with E-state index < -0.39 is 71.2 Å². The first kappa shape index (κ1) is 56.9. The highest BCUT2D eigenvalue weighted by molar-refractivity contribution is 7.85. The molecule has 0 aromatic carbocycles. The van der Waals surface area contributed by atoms with Crippen LogP contribution in [0.4, 0.5) is 0 Å². The molecule has 1 aliphatic rings. The standard InChI is InChI=1S/C48H86O12S/c1-3-5-7-9-11-13-15-17-18-19-20-21-22-23-25-26-28-30-32-34-36-43(49)57-38-41(39-58-48-47(53)46(52)45(51)42(60-48)40-61(54,55)56)59-44(50)37-35-33-31-29-27-24-16-14-12-10-8-6-4-2/h6,8,12,14,24,27,41-42,45-48,51-53H,3-5,7,9-11,13,15-23,25-26,28-40H2,1-2H3,(H,54,55,56)/b8-6-,14-12-,27-24-. The number of unbranched alkanes of at least 4 members (excludes halogenated alkanes) is 22. The predicted molar refractivity (Wildman–Crippen MR) is 243 cm³/mol. The fraction of sp³-hybridized carbons (Fsp3) is 0.833. The van der Waals surface area contributed by atoms with Crippen molar-refractivity contribution in [2.75, 3.05) is 19.0 Å². The normalized spacial score (nSPS) is 20.3. The molecule has 0 aromatic rings. The van der Waals surface area contributed by atoms with Crippen LogP contribution in [0.1, 0.15) is 200 Å². The van der Waals surface area contributed by atoms with E-state index in [1.165, 1.54) is 103 Å². The number of carbonyl (C=O) groups excluding carboxylic acids is 2. The maximum atomic E-state index is 12.8. The molecule has 6 atom stereocenters. The fourth-order valence-electron chi connectivity index (χ4n) is 7.28. The topological polar surface area (TPSA) is 186 Å². The SMILES string of the molecule is CC/C=C\C/C=C\C/C=C\CCCCCC(=O)OC(COC(=O)CCCCCCCCCCCCCCCCCCCCCC)COC1OC(CS(=O)(=O)O)C(O)C(O)C1O. The summed E-state index contributed by atoms with van der Waals surface area (Å²) in [5, 5.41) is 30.9. The van der Waals surface area contributed by atoms with Crippen molar-refractivity contribution in [1.82, 2.24) is 0 Å². The van der Waals surface area contributed by atoms with E-state index in [9.17, 15) is 37.9 Å². The number of aliphatic hydroxyl groups excluding tert-OH is 3. The van der Waals surface area contributed by atoms with Gasteiger partial charge in [0.15, 0.2) is 12.4 Å². The molecule has 13 heteroatoms. The summed E-state index contributed by atoms with van der Waals surface area (Å²) in [5.74, 6) is -2.01. The number of hydrogen-bond donors (Lipinski definition) is 4. The summed E-state index contributed by atoms with van der Waals surface area (Å²) in [4.78, 5) is 25.4. The van der Waals surface area contributed by atoms with Crippen LogP contribution in [0.15, 0.2) is 36.5 Å². The van der Waals surface area contributed by atoms with Crippen LogP contribution in [0.3, 0.4) is 0 Å². The lowest BCUT2D eigenvalue weighted by Crippen LogP contribution is -2.60. The molecule has 1 rings (SSSR count). The van der Waals surface area contributed by atoms with Crippen LogP contribution in [0.25, 0.3) is 0 Å². The third kappa shape index (κ3) is 33.1. The van der Waals surface area contributed by atoms with Gasteiger partial charge in [-0.2, -0.15) is 8.42 Å². The molecule has 61 heavy (non-hydrogen) atoms. The molecule has 0 aliphatic carbocycles. The second-order valence-corrected chi connectivity index (χ2v) is 18.2. The molecule has 1 saturated heterocycles. The number of ether oxygens (including phenoxy) is 4. The Bertz CT molecular complexity index is 1270. The van der Waals surface area contributed by atoms with Gasteiger partial charge in [-0.15, -0.1) is 0 Å². The highest BCUT2D eigenvalue weighted by atomic mass is 32.2. The first-order valence-electron chi connectivity index (χ1n) is 24.0. The van der Waals surface area contributed by atoms with Crippen LogP contribution >= 0.6 is 0 Å². The van der Waals surface area contributed by atoms with E-state index >= 15 is 0 Å². The smallest absolute Gasteiger partial charge is 0.306 e. The molecule has 0 saturated carbocycles. The zero-order valence-corrected chi connectivity index (χ0v) is 38.8. The number of aliphatic hydroxyl groups is 3. The fourth-order valence-corrected chi connectivity index (χ4v) is 7.97. The quantitative estimate of drug-likeness (QED) is 0.0198. The molecule has 6 unspecified atom stereocenters. The third-order valence-corrected chi connectivity index (χ3v) is 11.7. The largest absolute Gasteiger partial charge is 0.462 e. The van der Waals surface area contributed by atoms with Crippen LogP contribution in [0.2, 0.25) is 0 Å². The van der Waals surface area contributed by atoms with E-state index in [4.69, 9.17) is 18.9 Å². The van der Waals surface area contributed by atoms with E-state index in [-0.39, 0.29) is 19.4 Å². The van der Waals surface area contributed by atoms with Crippen molar-refractivity contribution >= 4 is 22.1 Å². The van der Waals surface area contributed by atoms with Crippen molar-refractivity contribution in [1.29, 1.82) is 0 Å². The van der Waals surface area contributed by atoms with E-state index in [0.717, 1.165) is 57.8 Å². The van der Waals surface area contributed by atoms with Crippen molar-refractivity contribution in [3.05, 3.63) is 36.5 Å². The highest BCUT2D eigenvalue weighted by Crippen LogP contribution is 2.24.